The van der Waals surface area contributed by atoms with Crippen LogP contribution in [0.1, 0.15) is 29.9 Å². The smallest absolute Gasteiger partial charge is 0.265 e. The van der Waals surface area contributed by atoms with Crippen molar-refractivity contribution in [3.8, 4) is 0 Å². The highest BCUT2D eigenvalue weighted by Gasteiger charge is 2.23. The summed E-state index contributed by atoms with van der Waals surface area (Å²) >= 11 is 0. The van der Waals surface area contributed by atoms with E-state index in [0.29, 0.717) is 17.1 Å². The molecule has 1 aromatic carbocycles. The third-order valence-electron chi connectivity index (χ3n) is 3.02. The Morgan fingerprint density at radius 2 is 1.95 bits per heavy atom. The van der Waals surface area contributed by atoms with E-state index in [1.807, 2.05) is 13.0 Å². The fourth-order valence-corrected chi connectivity index (χ4v) is 3.58. The van der Waals surface area contributed by atoms with Crippen LogP contribution in [0.4, 0.5) is 5.69 Å². The zero-order valence-electron chi connectivity index (χ0n) is 11.6. The summed E-state index contributed by atoms with van der Waals surface area (Å²) in [6, 6.07) is 6.82. The number of nitrogens with zero attached hydrogens (tertiary/aromatic N) is 1. The van der Waals surface area contributed by atoms with Crippen LogP contribution in [0.25, 0.3) is 0 Å². The van der Waals surface area contributed by atoms with Gasteiger partial charge in [-0.2, -0.15) is 5.10 Å². The van der Waals surface area contributed by atoms with Crippen molar-refractivity contribution in [3.63, 3.8) is 0 Å². The molecule has 1 unspecified atom stereocenters. The molecule has 20 heavy (non-hydrogen) atoms. The number of hydrogen-bond donors (Lipinski definition) is 3. The van der Waals surface area contributed by atoms with Crippen molar-refractivity contribution >= 4 is 15.7 Å². The van der Waals surface area contributed by atoms with E-state index in [0.717, 1.165) is 5.56 Å². The maximum absolute atomic E-state index is 12.5. The van der Waals surface area contributed by atoms with Gasteiger partial charge in [0.15, 0.2) is 0 Å². The van der Waals surface area contributed by atoms with Crippen molar-refractivity contribution in [2.45, 2.75) is 31.7 Å². The SMILES string of the molecule is Cc1n[nH]c(C)c1S(=O)(=O)Nc1ccccc1C(C)N. The summed E-state index contributed by atoms with van der Waals surface area (Å²) in [4.78, 5) is 0.178. The first-order valence-electron chi connectivity index (χ1n) is 6.22. The second kappa shape index (κ2) is 5.26. The molecule has 2 aromatic rings. The number of aromatic amines is 1. The fourth-order valence-electron chi connectivity index (χ4n) is 2.12. The van der Waals surface area contributed by atoms with Gasteiger partial charge in [0, 0.05) is 6.04 Å². The van der Waals surface area contributed by atoms with Crippen molar-refractivity contribution < 1.29 is 8.42 Å². The number of nitrogens with two attached hydrogens (primary N) is 1. The molecule has 6 nitrogen and oxygen atoms in total. The van der Waals surface area contributed by atoms with Gasteiger partial charge in [-0.1, -0.05) is 18.2 Å². The second-order valence-corrected chi connectivity index (χ2v) is 6.36. The highest BCUT2D eigenvalue weighted by Crippen LogP contribution is 2.25. The first kappa shape index (κ1) is 14.5. The molecule has 0 amide bonds. The van der Waals surface area contributed by atoms with Crippen LogP contribution in [0.2, 0.25) is 0 Å². The van der Waals surface area contributed by atoms with Crippen LogP contribution in [-0.2, 0) is 10.0 Å². The molecule has 2 rings (SSSR count). The molecular weight excluding hydrogens is 276 g/mol. The largest absolute Gasteiger partial charge is 0.324 e. The lowest BCUT2D eigenvalue weighted by Gasteiger charge is -2.14. The van der Waals surface area contributed by atoms with Gasteiger partial charge in [0.2, 0.25) is 0 Å². The Hall–Kier alpha value is -1.86. The lowest BCUT2D eigenvalue weighted by Crippen LogP contribution is -2.17. The van der Waals surface area contributed by atoms with Crippen LogP contribution in [0.5, 0.6) is 0 Å². The summed E-state index contributed by atoms with van der Waals surface area (Å²) in [5, 5.41) is 6.59. The molecule has 7 heteroatoms. The normalized spacial score (nSPS) is 13.2. The van der Waals surface area contributed by atoms with Crippen LogP contribution < -0.4 is 10.5 Å². The highest BCUT2D eigenvalue weighted by molar-refractivity contribution is 7.92. The second-order valence-electron chi connectivity index (χ2n) is 4.74. The Kier molecular flexibility index (Phi) is 3.82. The van der Waals surface area contributed by atoms with Crippen molar-refractivity contribution in [2.75, 3.05) is 4.72 Å². The Labute approximate surface area is 118 Å². The van der Waals surface area contributed by atoms with Crippen LogP contribution in [0, 0.1) is 13.8 Å². The van der Waals surface area contributed by atoms with E-state index < -0.39 is 10.0 Å². The van der Waals surface area contributed by atoms with Gasteiger partial charge in [-0.3, -0.25) is 9.82 Å². The van der Waals surface area contributed by atoms with Crippen LogP contribution in [0.3, 0.4) is 0 Å². The summed E-state index contributed by atoms with van der Waals surface area (Å²) in [5.41, 5.74) is 8.04. The summed E-state index contributed by atoms with van der Waals surface area (Å²) in [6.07, 6.45) is 0. The Balaban J connectivity index is 2.45. The monoisotopic (exact) mass is 294 g/mol. The number of rotatable bonds is 4. The number of para-hydroxylation sites is 1. The molecule has 0 aliphatic heterocycles. The van der Waals surface area contributed by atoms with E-state index in [1.165, 1.54) is 0 Å². The Morgan fingerprint density at radius 3 is 2.50 bits per heavy atom. The summed E-state index contributed by atoms with van der Waals surface area (Å²) in [5.74, 6) is 0. The summed E-state index contributed by atoms with van der Waals surface area (Å²) in [7, 11) is -3.69. The van der Waals surface area contributed by atoms with E-state index in [9.17, 15) is 8.42 Å². The molecule has 0 saturated heterocycles. The Morgan fingerprint density at radius 1 is 1.30 bits per heavy atom. The first-order valence-corrected chi connectivity index (χ1v) is 7.70. The van der Waals surface area contributed by atoms with Gasteiger partial charge in [-0.25, -0.2) is 8.42 Å². The quantitative estimate of drug-likeness (QED) is 0.801. The number of nitrogens with one attached hydrogen (secondary N) is 2. The molecule has 0 aliphatic rings. The molecule has 0 aliphatic carbocycles. The van der Waals surface area contributed by atoms with Gasteiger partial charge in [0.1, 0.15) is 4.90 Å². The average molecular weight is 294 g/mol. The number of benzene rings is 1. The number of hydrogen-bond acceptors (Lipinski definition) is 4. The predicted octanol–water partition coefficient (Wildman–Crippen LogP) is 1.85. The van der Waals surface area contributed by atoms with E-state index in [-0.39, 0.29) is 10.9 Å². The molecule has 1 atom stereocenters. The van der Waals surface area contributed by atoms with E-state index in [4.69, 9.17) is 5.73 Å². The van der Waals surface area contributed by atoms with Gasteiger partial charge in [-0.15, -0.1) is 0 Å². The minimum Gasteiger partial charge on any atom is -0.324 e. The predicted molar refractivity (Wildman–Crippen MR) is 77.9 cm³/mol. The third-order valence-corrected chi connectivity index (χ3v) is 4.65. The molecule has 108 valence electrons. The number of aromatic nitrogens is 2. The number of sulfonamides is 1. The van der Waals surface area contributed by atoms with Crippen molar-refractivity contribution in [1.82, 2.24) is 10.2 Å². The van der Waals surface area contributed by atoms with E-state index in [1.54, 1.807) is 32.0 Å². The van der Waals surface area contributed by atoms with E-state index in [2.05, 4.69) is 14.9 Å². The van der Waals surface area contributed by atoms with Crippen molar-refractivity contribution in [3.05, 3.63) is 41.2 Å². The minimum absolute atomic E-state index is 0.178. The average Bonchev–Trinajstić information content (AvgIpc) is 2.69. The molecule has 0 radical (unpaired) electrons. The molecule has 0 saturated carbocycles. The maximum atomic E-state index is 12.5. The molecule has 0 bridgehead atoms. The number of anilines is 1. The number of H-pyrrole nitrogens is 1. The summed E-state index contributed by atoms with van der Waals surface area (Å²) < 4.78 is 27.5. The van der Waals surface area contributed by atoms with Gasteiger partial charge >= 0.3 is 0 Å². The topological polar surface area (TPSA) is 101 Å². The molecule has 0 spiro atoms. The Bertz CT molecular complexity index is 700. The molecule has 1 aromatic heterocycles. The number of aryl methyl sites for hydroxylation is 2. The zero-order valence-corrected chi connectivity index (χ0v) is 12.5. The van der Waals surface area contributed by atoms with Crippen molar-refractivity contribution in [1.29, 1.82) is 0 Å². The first-order chi connectivity index (χ1) is 9.33. The van der Waals surface area contributed by atoms with Crippen LogP contribution in [0.15, 0.2) is 29.2 Å². The summed E-state index contributed by atoms with van der Waals surface area (Å²) in [6.45, 7) is 5.13. The fraction of sp³-hybridized carbons (Fsp3) is 0.308. The lowest BCUT2D eigenvalue weighted by atomic mass is 10.1. The molecule has 4 N–H and O–H groups in total. The van der Waals surface area contributed by atoms with Crippen molar-refractivity contribution in [2.24, 2.45) is 5.73 Å². The minimum atomic E-state index is -3.69. The van der Waals surface area contributed by atoms with E-state index >= 15 is 0 Å². The third kappa shape index (κ3) is 2.68. The van der Waals surface area contributed by atoms with Gasteiger partial charge in [0.25, 0.3) is 10.0 Å². The zero-order chi connectivity index (χ0) is 14.9. The lowest BCUT2D eigenvalue weighted by molar-refractivity contribution is 0.600. The highest BCUT2D eigenvalue weighted by atomic mass is 32.2. The molecule has 0 fully saturated rings. The molecular formula is C13H18N4O2S. The van der Waals surface area contributed by atoms with Gasteiger partial charge in [-0.05, 0) is 32.4 Å². The standard InChI is InChI=1S/C13H18N4O2S/c1-8(14)11-6-4-5-7-12(11)17-20(18,19)13-9(2)15-16-10(13)3/h4-8,17H,14H2,1-3H3,(H,15,16). The van der Waals surface area contributed by atoms with Crippen LogP contribution in [-0.4, -0.2) is 18.6 Å². The van der Waals surface area contributed by atoms with Gasteiger partial charge in [0.05, 0.1) is 17.1 Å². The maximum Gasteiger partial charge on any atom is 0.265 e. The van der Waals surface area contributed by atoms with Crippen LogP contribution >= 0.6 is 0 Å². The molecule has 1 heterocycles. The van der Waals surface area contributed by atoms with Gasteiger partial charge < -0.3 is 5.73 Å².